The van der Waals surface area contributed by atoms with Crippen LogP contribution in [0.3, 0.4) is 0 Å². The molecule has 9 heteroatoms. The molecule has 0 spiro atoms. The quantitative estimate of drug-likeness (QED) is 0.309. The van der Waals surface area contributed by atoms with Crippen molar-refractivity contribution in [2.75, 3.05) is 50.0 Å². The molecule has 2 N–H and O–H groups in total. The molecule has 2 aromatic rings. The number of rotatable bonds is 8. The molecule has 0 unspecified atom stereocenters. The smallest absolute Gasteiger partial charge is 0.272 e. The normalized spacial score (nSPS) is 16.0. The number of hydrogen-bond acceptors (Lipinski definition) is 7. The first kappa shape index (κ1) is 28.7. The van der Waals surface area contributed by atoms with Crippen LogP contribution >= 0.6 is 0 Å². The maximum absolute atomic E-state index is 13.1. The first-order chi connectivity index (χ1) is 18.4. The summed E-state index contributed by atoms with van der Waals surface area (Å²) in [5.41, 5.74) is 4.97. The largest absolute Gasteiger partial charge is 0.508 e. The molecule has 2 amide bonds. The molecule has 9 nitrogen and oxygen atoms in total. The number of carbonyl (C=O) groups excluding carboxylic acids is 2. The number of benzene rings is 1. The van der Waals surface area contributed by atoms with Gasteiger partial charge in [-0.3, -0.25) is 9.59 Å². The van der Waals surface area contributed by atoms with E-state index in [-0.39, 0.29) is 17.7 Å². The Labute approximate surface area is 225 Å². The molecule has 2 aliphatic heterocycles. The molecular weight excluding hydrogens is 480 g/mol. The van der Waals surface area contributed by atoms with E-state index in [0.29, 0.717) is 31.7 Å². The van der Waals surface area contributed by atoms with E-state index in [1.54, 1.807) is 18.2 Å². The van der Waals surface area contributed by atoms with E-state index < -0.39 is 0 Å². The van der Waals surface area contributed by atoms with Gasteiger partial charge in [0.25, 0.3) is 5.91 Å². The van der Waals surface area contributed by atoms with Crippen LogP contribution in [-0.2, 0) is 11.2 Å². The van der Waals surface area contributed by atoms with Crippen molar-refractivity contribution in [2.45, 2.75) is 45.6 Å². The molecular formula is C29H40N6O3. The van der Waals surface area contributed by atoms with Crippen LogP contribution in [0, 0.1) is 0 Å². The van der Waals surface area contributed by atoms with Crippen LogP contribution in [0.5, 0.6) is 5.75 Å². The van der Waals surface area contributed by atoms with Crippen LogP contribution in [0.15, 0.2) is 54.9 Å². The van der Waals surface area contributed by atoms with Crippen molar-refractivity contribution in [3.8, 4) is 5.75 Å². The number of piperidine rings is 1. The number of aromatic hydroxyl groups is 1. The first-order valence-corrected chi connectivity index (χ1v) is 13.1. The minimum absolute atomic E-state index is 0.0552. The lowest BCUT2D eigenvalue weighted by Crippen LogP contribution is -2.45. The van der Waals surface area contributed by atoms with Crippen LogP contribution in [0.2, 0.25) is 0 Å². The van der Waals surface area contributed by atoms with Gasteiger partial charge >= 0.3 is 0 Å². The van der Waals surface area contributed by atoms with Crippen molar-refractivity contribution in [1.82, 2.24) is 19.8 Å². The maximum Gasteiger partial charge on any atom is 0.272 e. The summed E-state index contributed by atoms with van der Waals surface area (Å²) in [5, 5.41) is 13.0. The van der Waals surface area contributed by atoms with Gasteiger partial charge in [0, 0.05) is 57.6 Å². The highest BCUT2D eigenvalue weighted by Gasteiger charge is 2.26. The number of nitrogens with one attached hydrogen (secondary N) is 1. The second-order valence-electron chi connectivity index (χ2n) is 9.70. The molecule has 1 saturated heterocycles. The number of amides is 2. The van der Waals surface area contributed by atoms with Gasteiger partial charge in [-0.2, -0.15) is 0 Å². The fraction of sp³-hybridized carbons (Fsp3) is 0.448. The van der Waals surface area contributed by atoms with Crippen LogP contribution in [0.4, 0.5) is 11.5 Å². The topological polar surface area (TPSA) is 102 Å². The van der Waals surface area contributed by atoms with Gasteiger partial charge in [0.05, 0.1) is 0 Å². The second kappa shape index (κ2) is 13.6. The number of phenolic OH excluding ortho intramolecular Hbond substituents is 1. The molecule has 0 aliphatic carbocycles. The van der Waals surface area contributed by atoms with E-state index in [1.807, 2.05) is 22.9 Å². The molecule has 4 rings (SSSR count). The van der Waals surface area contributed by atoms with E-state index >= 15 is 0 Å². The van der Waals surface area contributed by atoms with Crippen LogP contribution in [-0.4, -0.2) is 83.0 Å². The van der Waals surface area contributed by atoms with Gasteiger partial charge in [-0.25, -0.2) is 9.97 Å². The SMILES string of the molecule is C=C.CNc1ccc(O)cc1CCN(C=O)C1CCN(c2cc(C(=O)N3CCC(C)=C(C)C3)ncn2)CC1. The Bertz CT molecular complexity index is 1140. The van der Waals surface area contributed by atoms with Crippen molar-refractivity contribution in [2.24, 2.45) is 0 Å². The Morgan fingerprint density at radius 3 is 2.55 bits per heavy atom. The van der Waals surface area contributed by atoms with Gasteiger partial charge in [-0.05, 0) is 63.3 Å². The third kappa shape index (κ3) is 6.90. The Kier molecular flexibility index (Phi) is 10.3. The Balaban J connectivity index is 0.00000195. The van der Waals surface area contributed by atoms with Gasteiger partial charge in [-0.1, -0.05) is 11.1 Å². The Hall–Kier alpha value is -3.88. The van der Waals surface area contributed by atoms with E-state index in [4.69, 9.17) is 0 Å². The lowest BCUT2D eigenvalue weighted by molar-refractivity contribution is -0.120. The van der Waals surface area contributed by atoms with Gasteiger partial charge in [-0.15, -0.1) is 13.2 Å². The average Bonchev–Trinajstić information content (AvgIpc) is 2.96. The zero-order valence-corrected chi connectivity index (χ0v) is 22.8. The van der Waals surface area contributed by atoms with Crippen molar-refractivity contribution < 1.29 is 14.7 Å². The highest BCUT2D eigenvalue weighted by atomic mass is 16.3. The van der Waals surface area contributed by atoms with Crippen molar-refractivity contribution in [1.29, 1.82) is 0 Å². The predicted molar refractivity (Wildman–Crippen MR) is 152 cm³/mol. The molecule has 1 fully saturated rings. The number of phenols is 1. The van der Waals surface area contributed by atoms with Gasteiger partial charge in [0.15, 0.2) is 0 Å². The molecule has 38 heavy (non-hydrogen) atoms. The summed E-state index contributed by atoms with van der Waals surface area (Å²) in [4.78, 5) is 39.5. The van der Waals surface area contributed by atoms with Crippen molar-refractivity contribution in [3.05, 3.63) is 66.2 Å². The summed E-state index contributed by atoms with van der Waals surface area (Å²) in [6.45, 7) is 13.7. The minimum Gasteiger partial charge on any atom is -0.508 e. The molecule has 1 aromatic carbocycles. The Morgan fingerprint density at radius 1 is 1.16 bits per heavy atom. The summed E-state index contributed by atoms with van der Waals surface area (Å²) in [7, 11) is 1.85. The maximum atomic E-state index is 13.1. The third-order valence-corrected chi connectivity index (χ3v) is 7.46. The summed E-state index contributed by atoms with van der Waals surface area (Å²) >= 11 is 0. The monoisotopic (exact) mass is 520 g/mol. The molecule has 0 atom stereocenters. The second-order valence-corrected chi connectivity index (χ2v) is 9.70. The summed E-state index contributed by atoms with van der Waals surface area (Å²) < 4.78 is 0. The molecule has 0 bridgehead atoms. The summed E-state index contributed by atoms with van der Waals surface area (Å²) in [6, 6.07) is 7.18. The molecule has 0 saturated carbocycles. The highest BCUT2D eigenvalue weighted by molar-refractivity contribution is 5.93. The van der Waals surface area contributed by atoms with Gasteiger partial charge in [0.1, 0.15) is 23.6 Å². The molecule has 204 valence electrons. The summed E-state index contributed by atoms with van der Waals surface area (Å²) in [5.74, 6) is 0.920. The average molecular weight is 521 g/mol. The van der Waals surface area contributed by atoms with E-state index in [1.165, 1.54) is 17.5 Å². The standard InChI is InChI=1S/C27H36N6O3.C2H4/c1-19-6-10-32(16-20(19)2)27(36)25-15-26(30-17-29-25)31-12-8-22(9-13-31)33(18-34)11-7-21-14-23(35)4-5-24(21)28-3;1-2/h4-5,14-15,17-18,22,28,35H,6-13,16H2,1-3H3;1-2H2. The number of nitrogens with zero attached hydrogens (tertiary/aromatic N) is 5. The highest BCUT2D eigenvalue weighted by Crippen LogP contribution is 2.25. The van der Waals surface area contributed by atoms with E-state index in [0.717, 1.165) is 55.8 Å². The predicted octanol–water partition coefficient (Wildman–Crippen LogP) is 3.88. The fourth-order valence-electron chi connectivity index (χ4n) is 5.02. The summed E-state index contributed by atoms with van der Waals surface area (Å²) in [6.07, 6.45) is 5.60. The van der Waals surface area contributed by atoms with Crippen LogP contribution < -0.4 is 10.2 Å². The zero-order chi connectivity index (χ0) is 27.7. The molecule has 0 radical (unpaired) electrons. The molecule has 1 aromatic heterocycles. The third-order valence-electron chi connectivity index (χ3n) is 7.46. The Morgan fingerprint density at radius 2 is 1.89 bits per heavy atom. The zero-order valence-electron chi connectivity index (χ0n) is 22.8. The van der Waals surface area contributed by atoms with E-state index in [2.05, 4.69) is 47.2 Å². The van der Waals surface area contributed by atoms with Gasteiger partial charge < -0.3 is 25.1 Å². The number of aromatic nitrogens is 2. The lowest BCUT2D eigenvalue weighted by Gasteiger charge is -2.37. The van der Waals surface area contributed by atoms with Crippen molar-refractivity contribution in [3.63, 3.8) is 0 Å². The van der Waals surface area contributed by atoms with Crippen LogP contribution in [0.25, 0.3) is 0 Å². The number of carbonyl (C=O) groups is 2. The number of anilines is 2. The number of hydrogen-bond donors (Lipinski definition) is 2. The van der Waals surface area contributed by atoms with Gasteiger partial charge in [0.2, 0.25) is 6.41 Å². The van der Waals surface area contributed by atoms with Crippen LogP contribution in [0.1, 0.15) is 49.2 Å². The lowest BCUT2D eigenvalue weighted by atomic mass is 10.0. The van der Waals surface area contributed by atoms with E-state index in [9.17, 15) is 14.7 Å². The molecule has 3 heterocycles. The minimum atomic E-state index is -0.0552. The fourth-order valence-corrected chi connectivity index (χ4v) is 5.02. The molecule has 2 aliphatic rings. The van der Waals surface area contributed by atoms with Crippen molar-refractivity contribution >= 4 is 23.8 Å². The first-order valence-electron chi connectivity index (χ1n) is 13.1.